The highest BCUT2D eigenvalue weighted by Gasteiger charge is 2.17. The normalized spacial score (nSPS) is 18.5. The fourth-order valence-corrected chi connectivity index (χ4v) is 1.88. The van der Waals surface area contributed by atoms with Crippen LogP contribution < -0.4 is 4.74 Å². The SMILES string of the molecule is OCCC#Cc1ccc(F)c(OC2CCCOC2)c1. The van der Waals surface area contributed by atoms with Crippen LogP contribution in [0.25, 0.3) is 0 Å². The molecule has 1 aliphatic heterocycles. The van der Waals surface area contributed by atoms with Gasteiger partial charge in [-0.2, -0.15) is 0 Å². The highest BCUT2D eigenvalue weighted by molar-refractivity contribution is 5.40. The number of ether oxygens (including phenoxy) is 2. The zero-order valence-electron chi connectivity index (χ0n) is 10.7. The summed E-state index contributed by atoms with van der Waals surface area (Å²) in [5.74, 6) is 5.49. The topological polar surface area (TPSA) is 38.7 Å². The van der Waals surface area contributed by atoms with Gasteiger partial charge in [-0.15, -0.1) is 0 Å². The molecule has 0 radical (unpaired) electrons. The second kappa shape index (κ2) is 7.13. The summed E-state index contributed by atoms with van der Waals surface area (Å²) < 4.78 is 24.6. The number of aliphatic hydroxyl groups excluding tert-OH is 1. The van der Waals surface area contributed by atoms with Crippen molar-refractivity contribution < 1.29 is 19.0 Å². The first-order valence-corrected chi connectivity index (χ1v) is 6.43. The first kappa shape index (κ1) is 13.9. The molecule has 1 unspecified atom stereocenters. The van der Waals surface area contributed by atoms with Crippen LogP contribution in [0.4, 0.5) is 4.39 Å². The molecule has 2 rings (SSSR count). The van der Waals surface area contributed by atoms with Crippen LogP contribution in [0.15, 0.2) is 18.2 Å². The fraction of sp³-hybridized carbons (Fsp3) is 0.467. The van der Waals surface area contributed by atoms with E-state index in [-0.39, 0.29) is 18.5 Å². The molecule has 0 saturated carbocycles. The number of rotatable bonds is 3. The third kappa shape index (κ3) is 4.23. The number of benzene rings is 1. The van der Waals surface area contributed by atoms with Crippen molar-refractivity contribution in [2.24, 2.45) is 0 Å². The molecule has 0 amide bonds. The molecule has 1 aromatic rings. The first-order valence-electron chi connectivity index (χ1n) is 6.43. The summed E-state index contributed by atoms with van der Waals surface area (Å²) in [6.45, 7) is 1.27. The number of hydrogen-bond acceptors (Lipinski definition) is 3. The molecular weight excluding hydrogens is 247 g/mol. The highest BCUT2D eigenvalue weighted by atomic mass is 19.1. The zero-order chi connectivity index (χ0) is 13.5. The van der Waals surface area contributed by atoms with Gasteiger partial charge in [0.2, 0.25) is 0 Å². The summed E-state index contributed by atoms with van der Waals surface area (Å²) in [6, 6.07) is 4.54. The van der Waals surface area contributed by atoms with E-state index < -0.39 is 5.82 Å². The van der Waals surface area contributed by atoms with Crippen LogP contribution in [0.1, 0.15) is 24.8 Å². The van der Waals surface area contributed by atoms with E-state index in [9.17, 15) is 4.39 Å². The minimum Gasteiger partial charge on any atom is -0.485 e. The maximum Gasteiger partial charge on any atom is 0.165 e. The molecule has 102 valence electrons. The van der Waals surface area contributed by atoms with Crippen LogP contribution in [0.3, 0.4) is 0 Å². The monoisotopic (exact) mass is 264 g/mol. The Morgan fingerprint density at radius 1 is 1.47 bits per heavy atom. The van der Waals surface area contributed by atoms with Crippen molar-refractivity contribution in [3.63, 3.8) is 0 Å². The van der Waals surface area contributed by atoms with Crippen LogP contribution in [-0.2, 0) is 4.74 Å². The Morgan fingerprint density at radius 2 is 2.37 bits per heavy atom. The minimum atomic E-state index is -0.390. The van der Waals surface area contributed by atoms with Crippen LogP contribution >= 0.6 is 0 Å². The van der Waals surface area contributed by atoms with E-state index in [1.807, 2.05) is 0 Å². The van der Waals surface area contributed by atoms with Crippen LogP contribution in [0, 0.1) is 17.7 Å². The summed E-state index contributed by atoms with van der Waals surface area (Å²) in [4.78, 5) is 0. The van der Waals surface area contributed by atoms with Crippen molar-refractivity contribution in [3.8, 4) is 17.6 Å². The van der Waals surface area contributed by atoms with E-state index in [0.29, 0.717) is 18.6 Å². The van der Waals surface area contributed by atoms with E-state index >= 15 is 0 Å². The van der Waals surface area contributed by atoms with Gasteiger partial charge in [-0.3, -0.25) is 0 Å². The second-order valence-electron chi connectivity index (χ2n) is 4.38. The Balaban J connectivity index is 2.06. The van der Waals surface area contributed by atoms with E-state index in [4.69, 9.17) is 14.6 Å². The van der Waals surface area contributed by atoms with Crippen molar-refractivity contribution in [1.82, 2.24) is 0 Å². The Labute approximate surface area is 112 Å². The lowest BCUT2D eigenvalue weighted by Gasteiger charge is -2.23. The Kier molecular flexibility index (Phi) is 5.20. The molecule has 0 spiro atoms. The molecule has 1 fully saturated rings. The smallest absolute Gasteiger partial charge is 0.165 e. The number of halogens is 1. The average molecular weight is 264 g/mol. The Bertz CT molecular complexity index is 470. The predicted octanol–water partition coefficient (Wildman–Crippen LogP) is 2.12. The molecule has 1 N–H and O–H groups in total. The van der Waals surface area contributed by atoms with Crippen LogP contribution in [-0.4, -0.2) is 31.0 Å². The van der Waals surface area contributed by atoms with Gasteiger partial charge in [-0.25, -0.2) is 4.39 Å². The van der Waals surface area contributed by atoms with Crippen LogP contribution in [0.5, 0.6) is 5.75 Å². The van der Waals surface area contributed by atoms with E-state index in [2.05, 4.69) is 11.8 Å². The summed E-state index contributed by atoms with van der Waals surface area (Å²) in [5, 5.41) is 8.66. The van der Waals surface area contributed by atoms with Gasteiger partial charge in [0, 0.05) is 18.6 Å². The van der Waals surface area contributed by atoms with Gasteiger partial charge >= 0.3 is 0 Å². The van der Waals surface area contributed by atoms with Crippen molar-refractivity contribution in [3.05, 3.63) is 29.6 Å². The first-order chi connectivity index (χ1) is 9.29. The molecule has 1 aromatic carbocycles. The molecule has 4 heteroatoms. The van der Waals surface area contributed by atoms with Gasteiger partial charge in [0.15, 0.2) is 11.6 Å². The molecule has 0 aliphatic carbocycles. The van der Waals surface area contributed by atoms with Gasteiger partial charge in [0.1, 0.15) is 6.10 Å². The maximum atomic E-state index is 13.7. The summed E-state index contributed by atoms with van der Waals surface area (Å²) in [6.07, 6.45) is 2.12. The fourth-order valence-electron chi connectivity index (χ4n) is 1.88. The van der Waals surface area contributed by atoms with Crippen molar-refractivity contribution in [1.29, 1.82) is 0 Å². The van der Waals surface area contributed by atoms with Crippen molar-refractivity contribution in [2.75, 3.05) is 19.8 Å². The molecule has 0 bridgehead atoms. The third-order valence-corrected chi connectivity index (χ3v) is 2.81. The molecule has 1 atom stereocenters. The lowest BCUT2D eigenvalue weighted by Crippen LogP contribution is -2.28. The van der Waals surface area contributed by atoms with Gasteiger partial charge < -0.3 is 14.6 Å². The van der Waals surface area contributed by atoms with Gasteiger partial charge in [0.25, 0.3) is 0 Å². The summed E-state index contributed by atoms with van der Waals surface area (Å²) in [5.41, 5.74) is 0.682. The summed E-state index contributed by atoms with van der Waals surface area (Å²) >= 11 is 0. The minimum absolute atomic E-state index is 0.0248. The van der Waals surface area contributed by atoms with Crippen molar-refractivity contribution >= 4 is 0 Å². The average Bonchev–Trinajstić information content (AvgIpc) is 2.44. The van der Waals surface area contributed by atoms with Gasteiger partial charge in [-0.05, 0) is 31.0 Å². The van der Waals surface area contributed by atoms with E-state index in [1.165, 1.54) is 6.07 Å². The Morgan fingerprint density at radius 3 is 3.11 bits per heavy atom. The highest BCUT2D eigenvalue weighted by Crippen LogP contribution is 2.22. The predicted molar refractivity (Wildman–Crippen MR) is 69.4 cm³/mol. The lowest BCUT2D eigenvalue weighted by atomic mass is 10.1. The quantitative estimate of drug-likeness (QED) is 0.850. The van der Waals surface area contributed by atoms with Crippen LogP contribution in [0.2, 0.25) is 0 Å². The largest absolute Gasteiger partial charge is 0.485 e. The molecule has 1 saturated heterocycles. The second-order valence-corrected chi connectivity index (χ2v) is 4.38. The molecule has 1 heterocycles. The van der Waals surface area contributed by atoms with Crippen molar-refractivity contribution in [2.45, 2.75) is 25.4 Å². The third-order valence-electron chi connectivity index (χ3n) is 2.81. The van der Waals surface area contributed by atoms with E-state index in [1.54, 1.807) is 12.1 Å². The standard InChI is InChI=1S/C15H17FO3/c16-14-7-6-12(4-1-2-8-17)10-15(14)19-13-5-3-9-18-11-13/h6-7,10,13,17H,2-3,5,8-9,11H2. The lowest BCUT2D eigenvalue weighted by molar-refractivity contribution is 0.00587. The number of hydrogen-bond donors (Lipinski definition) is 1. The van der Waals surface area contributed by atoms with Gasteiger partial charge in [0.05, 0.1) is 13.2 Å². The maximum absolute atomic E-state index is 13.7. The molecule has 1 aliphatic rings. The molecular formula is C15H17FO3. The zero-order valence-corrected chi connectivity index (χ0v) is 10.7. The molecule has 19 heavy (non-hydrogen) atoms. The van der Waals surface area contributed by atoms with Gasteiger partial charge in [-0.1, -0.05) is 11.8 Å². The number of aliphatic hydroxyl groups is 1. The molecule has 0 aromatic heterocycles. The summed E-state index contributed by atoms with van der Waals surface area (Å²) in [7, 11) is 0. The Hall–Kier alpha value is -1.57. The molecule has 3 nitrogen and oxygen atoms in total. The van der Waals surface area contributed by atoms with E-state index in [0.717, 1.165) is 19.4 Å².